The van der Waals surface area contributed by atoms with Gasteiger partial charge in [-0.05, 0) is 44.2 Å². The molecule has 2 heterocycles. The lowest BCUT2D eigenvalue weighted by Crippen LogP contribution is -2.30. The molecule has 0 unspecified atom stereocenters. The van der Waals surface area contributed by atoms with Crippen LogP contribution in [0, 0.1) is 13.8 Å². The number of aromatic amines is 1. The quantitative estimate of drug-likeness (QED) is 0.774. The number of amides is 1. The standard InChI is InChI=1S/C16H15ClN4O2/c1-9-7-13-15(18-9)19-10(2)21(16(13)23)8-14(22)20-12-5-3-11(17)4-6-12/h3-7,18H,8H2,1-2H3,(H,20,22). The van der Waals surface area contributed by atoms with E-state index >= 15 is 0 Å². The fourth-order valence-corrected chi connectivity index (χ4v) is 2.53. The highest BCUT2D eigenvalue weighted by molar-refractivity contribution is 6.30. The largest absolute Gasteiger partial charge is 0.343 e. The molecule has 2 N–H and O–H groups in total. The van der Waals surface area contributed by atoms with E-state index in [4.69, 9.17) is 11.6 Å². The molecule has 3 rings (SSSR count). The normalized spacial score (nSPS) is 10.9. The van der Waals surface area contributed by atoms with E-state index in [1.165, 1.54) is 4.57 Å². The van der Waals surface area contributed by atoms with E-state index in [0.717, 1.165) is 5.69 Å². The van der Waals surface area contributed by atoms with Gasteiger partial charge in [-0.1, -0.05) is 11.6 Å². The van der Waals surface area contributed by atoms with Crippen LogP contribution >= 0.6 is 11.6 Å². The topological polar surface area (TPSA) is 79.8 Å². The van der Waals surface area contributed by atoms with Gasteiger partial charge in [-0.25, -0.2) is 4.98 Å². The summed E-state index contributed by atoms with van der Waals surface area (Å²) < 4.78 is 1.36. The van der Waals surface area contributed by atoms with Crippen molar-refractivity contribution in [1.29, 1.82) is 0 Å². The maximum absolute atomic E-state index is 12.5. The van der Waals surface area contributed by atoms with Crippen molar-refractivity contribution < 1.29 is 4.79 Å². The minimum atomic E-state index is -0.300. The fourth-order valence-electron chi connectivity index (χ4n) is 2.40. The van der Waals surface area contributed by atoms with Crippen LogP contribution in [0.2, 0.25) is 5.02 Å². The van der Waals surface area contributed by atoms with Crippen molar-refractivity contribution in [3.05, 3.63) is 57.2 Å². The summed E-state index contributed by atoms with van der Waals surface area (Å²) in [6.07, 6.45) is 0. The molecule has 1 amide bonds. The molecule has 23 heavy (non-hydrogen) atoms. The van der Waals surface area contributed by atoms with Gasteiger partial charge in [0.15, 0.2) is 0 Å². The fraction of sp³-hybridized carbons (Fsp3) is 0.188. The monoisotopic (exact) mass is 330 g/mol. The van der Waals surface area contributed by atoms with E-state index < -0.39 is 0 Å². The number of halogens is 1. The predicted octanol–water partition coefficient (Wildman–Crippen LogP) is 2.63. The van der Waals surface area contributed by atoms with Crippen LogP contribution in [0.3, 0.4) is 0 Å². The molecule has 0 radical (unpaired) electrons. The smallest absolute Gasteiger partial charge is 0.263 e. The van der Waals surface area contributed by atoms with Crippen LogP contribution in [0.1, 0.15) is 11.5 Å². The Labute approximate surface area is 137 Å². The van der Waals surface area contributed by atoms with Gasteiger partial charge in [0.1, 0.15) is 18.0 Å². The van der Waals surface area contributed by atoms with Crippen LogP contribution in [0.5, 0.6) is 0 Å². The van der Waals surface area contributed by atoms with Crippen molar-refractivity contribution in [2.75, 3.05) is 5.32 Å². The van der Waals surface area contributed by atoms with Crippen molar-refractivity contribution in [3.8, 4) is 0 Å². The summed E-state index contributed by atoms with van der Waals surface area (Å²) in [6.45, 7) is 3.46. The summed E-state index contributed by atoms with van der Waals surface area (Å²) in [6, 6.07) is 8.51. The lowest BCUT2D eigenvalue weighted by atomic mass is 10.3. The summed E-state index contributed by atoms with van der Waals surface area (Å²) >= 11 is 5.81. The number of benzene rings is 1. The first-order valence-corrected chi connectivity index (χ1v) is 7.44. The number of nitrogens with one attached hydrogen (secondary N) is 2. The third kappa shape index (κ3) is 3.12. The Bertz CT molecular complexity index is 941. The number of anilines is 1. The van der Waals surface area contributed by atoms with Crippen LogP contribution in [-0.4, -0.2) is 20.4 Å². The molecule has 1 aromatic carbocycles. The highest BCUT2D eigenvalue weighted by Crippen LogP contribution is 2.13. The Morgan fingerprint density at radius 1 is 1.30 bits per heavy atom. The van der Waals surface area contributed by atoms with Gasteiger partial charge >= 0.3 is 0 Å². The molecule has 2 aromatic heterocycles. The van der Waals surface area contributed by atoms with Crippen molar-refractivity contribution in [3.63, 3.8) is 0 Å². The summed E-state index contributed by atoms with van der Waals surface area (Å²) in [5.41, 5.74) is 1.78. The van der Waals surface area contributed by atoms with Crippen molar-refractivity contribution >= 4 is 34.2 Å². The second-order valence-electron chi connectivity index (χ2n) is 5.32. The van der Waals surface area contributed by atoms with E-state index in [0.29, 0.717) is 27.6 Å². The van der Waals surface area contributed by atoms with E-state index in [-0.39, 0.29) is 18.0 Å². The Morgan fingerprint density at radius 3 is 2.70 bits per heavy atom. The first kappa shape index (κ1) is 15.3. The number of aromatic nitrogens is 3. The molecule has 0 aliphatic rings. The lowest BCUT2D eigenvalue weighted by Gasteiger charge is -2.10. The number of hydrogen-bond acceptors (Lipinski definition) is 3. The lowest BCUT2D eigenvalue weighted by molar-refractivity contribution is -0.116. The number of H-pyrrole nitrogens is 1. The van der Waals surface area contributed by atoms with Crippen LogP contribution in [0.25, 0.3) is 11.0 Å². The second-order valence-corrected chi connectivity index (χ2v) is 5.76. The number of rotatable bonds is 3. The molecule has 0 aliphatic heterocycles. The van der Waals surface area contributed by atoms with Crippen LogP contribution < -0.4 is 10.9 Å². The SMILES string of the molecule is Cc1cc2c(=O)n(CC(=O)Nc3ccc(Cl)cc3)c(C)nc2[nH]1. The molecule has 118 valence electrons. The Hall–Kier alpha value is -2.60. The Morgan fingerprint density at radius 2 is 2.00 bits per heavy atom. The average molecular weight is 331 g/mol. The van der Waals surface area contributed by atoms with Crippen LogP contribution in [-0.2, 0) is 11.3 Å². The zero-order valence-corrected chi connectivity index (χ0v) is 13.4. The maximum atomic E-state index is 12.5. The molecule has 0 atom stereocenters. The molecule has 6 nitrogen and oxygen atoms in total. The molecule has 0 bridgehead atoms. The zero-order valence-electron chi connectivity index (χ0n) is 12.7. The molecule has 0 spiro atoms. The molecule has 0 saturated carbocycles. The number of nitrogens with zero attached hydrogens (tertiary/aromatic N) is 2. The van der Waals surface area contributed by atoms with E-state index in [9.17, 15) is 9.59 Å². The van der Waals surface area contributed by atoms with E-state index in [2.05, 4.69) is 15.3 Å². The minimum absolute atomic E-state index is 0.0968. The summed E-state index contributed by atoms with van der Waals surface area (Å²) in [4.78, 5) is 32.0. The van der Waals surface area contributed by atoms with Crippen molar-refractivity contribution in [2.45, 2.75) is 20.4 Å². The summed E-state index contributed by atoms with van der Waals surface area (Å²) in [5, 5.41) is 3.80. The molecular weight excluding hydrogens is 316 g/mol. The van der Waals surface area contributed by atoms with Gasteiger partial charge in [-0.3, -0.25) is 14.2 Å². The van der Waals surface area contributed by atoms with Gasteiger partial charge in [0.2, 0.25) is 5.91 Å². The first-order chi connectivity index (χ1) is 10.9. The van der Waals surface area contributed by atoms with Crippen LogP contribution in [0.15, 0.2) is 35.1 Å². The number of carbonyl (C=O) groups is 1. The first-order valence-electron chi connectivity index (χ1n) is 7.06. The predicted molar refractivity (Wildman–Crippen MR) is 89.9 cm³/mol. The molecule has 0 fully saturated rings. The number of fused-ring (bicyclic) bond motifs is 1. The highest BCUT2D eigenvalue weighted by atomic mass is 35.5. The summed E-state index contributed by atoms with van der Waals surface area (Å²) in [5.74, 6) is 0.182. The third-order valence-electron chi connectivity index (χ3n) is 3.50. The minimum Gasteiger partial charge on any atom is -0.343 e. The van der Waals surface area contributed by atoms with Gasteiger partial charge in [0, 0.05) is 16.4 Å². The maximum Gasteiger partial charge on any atom is 0.263 e. The zero-order chi connectivity index (χ0) is 16.6. The van der Waals surface area contributed by atoms with Gasteiger partial charge < -0.3 is 10.3 Å². The van der Waals surface area contributed by atoms with Gasteiger partial charge in [0.25, 0.3) is 5.56 Å². The average Bonchev–Trinajstić information content (AvgIpc) is 2.86. The number of carbonyl (C=O) groups excluding carboxylic acids is 1. The number of hydrogen-bond donors (Lipinski definition) is 2. The van der Waals surface area contributed by atoms with E-state index in [1.54, 1.807) is 37.3 Å². The molecule has 0 saturated heterocycles. The second kappa shape index (κ2) is 5.89. The van der Waals surface area contributed by atoms with Crippen molar-refractivity contribution in [2.24, 2.45) is 0 Å². The molecule has 0 aliphatic carbocycles. The summed E-state index contributed by atoms with van der Waals surface area (Å²) in [7, 11) is 0. The number of aryl methyl sites for hydroxylation is 2. The van der Waals surface area contributed by atoms with Crippen LogP contribution in [0.4, 0.5) is 5.69 Å². The molecular formula is C16H15ClN4O2. The highest BCUT2D eigenvalue weighted by Gasteiger charge is 2.13. The van der Waals surface area contributed by atoms with Gasteiger partial charge in [0.05, 0.1) is 5.39 Å². The molecule has 3 aromatic rings. The third-order valence-corrected chi connectivity index (χ3v) is 3.75. The van der Waals surface area contributed by atoms with Gasteiger partial charge in [-0.2, -0.15) is 0 Å². The van der Waals surface area contributed by atoms with Crippen molar-refractivity contribution in [1.82, 2.24) is 14.5 Å². The Balaban J connectivity index is 1.87. The molecule has 7 heteroatoms. The van der Waals surface area contributed by atoms with E-state index in [1.807, 2.05) is 6.92 Å². The van der Waals surface area contributed by atoms with Gasteiger partial charge in [-0.15, -0.1) is 0 Å². The Kier molecular flexibility index (Phi) is 3.92.